The van der Waals surface area contributed by atoms with Crippen molar-refractivity contribution in [1.82, 2.24) is 24.6 Å². The van der Waals surface area contributed by atoms with Gasteiger partial charge in [0.1, 0.15) is 17.1 Å². The summed E-state index contributed by atoms with van der Waals surface area (Å²) in [6, 6.07) is 11.7. The zero-order valence-electron chi connectivity index (χ0n) is 17.2. The first-order valence-corrected chi connectivity index (χ1v) is 9.89. The minimum absolute atomic E-state index is 0.00460. The van der Waals surface area contributed by atoms with E-state index in [2.05, 4.69) is 15.4 Å². The number of amides is 1. The van der Waals surface area contributed by atoms with E-state index < -0.39 is 17.2 Å². The summed E-state index contributed by atoms with van der Waals surface area (Å²) in [5.41, 5.74) is -1.02. The molecule has 3 heterocycles. The third-order valence-electron chi connectivity index (χ3n) is 4.82. The standard InChI is InChI=1S/C22H18FN5O5/c23-15-5-3-14(4-6-15)18-7-8-19(29)28(26-18)10-9-24-20(30)17-12-25-22(32)27(21(17)31)13-16-2-1-11-33-16/h1-8,11-12H,9-10,13H2,(H,24,30)(H,25,32). The molecule has 1 aromatic carbocycles. The van der Waals surface area contributed by atoms with Crippen molar-refractivity contribution in [3.63, 3.8) is 0 Å². The molecule has 0 aliphatic heterocycles. The predicted octanol–water partition coefficient (Wildman–Crippen LogP) is 0.971. The number of hydrogen-bond acceptors (Lipinski definition) is 6. The summed E-state index contributed by atoms with van der Waals surface area (Å²) in [5, 5.41) is 6.77. The normalized spacial score (nSPS) is 10.8. The summed E-state index contributed by atoms with van der Waals surface area (Å²) in [6.07, 6.45) is 2.45. The van der Waals surface area contributed by atoms with Crippen LogP contribution in [-0.4, -0.2) is 31.8 Å². The van der Waals surface area contributed by atoms with E-state index in [1.165, 1.54) is 42.7 Å². The summed E-state index contributed by atoms with van der Waals surface area (Å²) in [5.74, 6) is -0.723. The highest BCUT2D eigenvalue weighted by Crippen LogP contribution is 2.15. The molecule has 1 amide bonds. The van der Waals surface area contributed by atoms with Crippen LogP contribution in [0.5, 0.6) is 0 Å². The van der Waals surface area contributed by atoms with Crippen LogP contribution >= 0.6 is 0 Å². The Morgan fingerprint density at radius 1 is 1.09 bits per heavy atom. The van der Waals surface area contributed by atoms with E-state index >= 15 is 0 Å². The van der Waals surface area contributed by atoms with Crippen LogP contribution in [0, 0.1) is 5.82 Å². The number of carbonyl (C=O) groups excluding carboxylic acids is 1. The van der Waals surface area contributed by atoms with Gasteiger partial charge < -0.3 is 14.7 Å². The van der Waals surface area contributed by atoms with Crippen LogP contribution in [0.2, 0.25) is 0 Å². The van der Waals surface area contributed by atoms with E-state index in [-0.39, 0.29) is 36.6 Å². The Labute approximate surface area is 184 Å². The largest absolute Gasteiger partial charge is 0.467 e. The molecule has 2 N–H and O–H groups in total. The highest BCUT2D eigenvalue weighted by atomic mass is 19.1. The lowest BCUT2D eigenvalue weighted by atomic mass is 10.1. The lowest BCUT2D eigenvalue weighted by Gasteiger charge is -2.09. The van der Waals surface area contributed by atoms with E-state index in [4.69, 9.17) is 4.42 Å². The fourth-order valence-electron chi connectivity index (χ4n) is 3.13. The second kappa shape index (κ2) is 9.30. The number of nitrogens with one attached hydrogen (secondary N) is 2. The zero-order valence-corrected chi connectivity index (χ0v) is 17.2. The SMILES string of the molecule is O=C(NCCn1nc(-c2ccc(F)cc2)ccc1=O)c1c[nH]c(=O)n(Cc2ccco2)c1=O. The Morgan fingerprint density at radius 3 is 2.61 bits per heavy atom. The molecular formula is C22H18FN5O5. The van der Waals surface area contributed by atoms with E-state index in [1.807, 2.05) is 0 Å². The van der Waals surface area contributed by atoms with Gasteiger partial charge in [0.15, 0.2) is 0 Å². The first kappa shape index (κ1) is 21.7. The fourth-order valence-corrected chi connectivity index (χ4v) is 3.13. The molecule has 4 aromatic rings. The summed E-state index contributed by atoms with van der Waals surface area (Å²) in [6.45, 7) is -0.101. The second-order valence-corrected chi connectivity index (χ2v) is 7.02. The number of benzene rings is 1. The predicted molar refractivity (Wildman–Crippen MR) is 115 cm³/mol. The number of furan rings is 1. The van der Waals surface area contributed by atoms with Crippen molar-refractivity contribution in [2.45, 2.75) is 13.1 Å². The van der Waals surface area contributed by atoms with Gasteiger partial charge in [0.25, 0.3) is 17.0 Å². The molecular weight excluding hydrogens is 433 g/mol. The highest BCUT2D eigenvalue weighted by Gasteiger charge is 2.15. The van der Waals surface area contributed by atoms with Crippen LogP contribution < -0.4 is 22.1 Å². The molecule has 0 bridgehead atoms. The highest BCUT2D eigenvalue weighted by molar-refractivity contribution is 5.93. The molecule has 0 saturated carbocycles. The maximum atomic E-state index is 13.1. The summed E-state index contributed by atoms with van der Waals surface area (Å²) < 4.78 is 20.3. The molecule has 0 aliphatic carbocycles. The van der Waals surface area contributed by atoms with Crippen LogP contribution in [0.4, 0.5) is 4.39 Å². The van der Waals surface area contributed by atoms with Gasteiger partial charge in [0, 0.05) is 24.4 Å². The lowest BCUT2D eigenvalue weighted by molar-refractivity contribution is 0.0949. The Balaban J connectivity index is 1.46. The summed E-state index contributed by atoms with van der Waals surface area (Å²) >= 11 is 0. The number of nitrogens with zero attached hydrogens (tertiary/aromatic N) is 3. The van der Waals surface area contributed by atoms with Gasteiger partial charge in [-0.2, -0.15) is 5.10 Å². The average molecular weight is 451 g/mol. The number of H-pyrrole nitrogens is 1. The maximum absolute atomic E-state index is 13.1. The molecule has 10 nitrogen and oxygen atoms in total. The third kappa shape index (κ3) is 4.87. The van der Waals surface area contributed by atoms with Gasteiger partial charge in [-0.05, 0) is 42.5 Å². The van der Waals surface area contributed by atoms with Gasteiger partial charge in [0.05, 0.1) is 25.0 Å². The molecule has 0 spiro atoms. The van der Waals surface area contributed by atoms with Gasteiger partial charge in [-0.25, -0.2) is 13.9 Å². The Bertz CT molecular complexity index is 1450. The van der Waals surface area contributed by atoms with Crippen molar-refractivity contribution >= 4 is 5.91 Å². The molecule has 0 radical (unpaired) electrons. The Hall–Kier alpha value is -4.54. The van der Waals surface area contributed by atoms with Crippen LogP contribution in [-0.2, 0) is 13.1 Å². The summed E-state index contributed by atoms with van der Waals surface area (Å²) in [4.78, 5) is 51.6. The van der Waals surface area contributed by atoms with Gasteiger partial charge in [-0.3, -0.25) is 19.0 Å². The molecule has 0 saturated heterocycles. The van der Waals surface area contributed by atoms with Gasteiger partial charge in [0.2, 0.25) is 0 Å². The number of carbonyl (C=O) groups is 1. The van der Waals surface area contributed by atoms with Gasteiger partial charge in [-0.1, -0.05) is 0 Å². The first-order chi connectivity index (χ1) is 15.9. The van der Waals surface area contributed by atoms with Crippen molar-refractivity contribution in [2.75, 3.05) is 6.54 Å². The quantitative estimate of drug-likeness (QED) is 0.430. The average Bonchev–Trinajstić information content (AvgIpc) is 3.32. The minimum atomic E-state index is -0.777. The van der Waals surface area contributed by atoms with E-state index in [0.29, 0.717) is 17.0 Å². The van der Waals surface area contributed by atoms with E-state index in [1.54, 1.807) is 12.1 Å². The lowest BCUT2D eigenvalue weighted by Crippen LogP contribution is -2.41. The molecule has 0 aliphatic rings. The minimum Gasteiger partial charge on any atom is -0.467 e. The zero-order chi connectivity index (χ0) is 23.4. The van der Waals surface area contributed by atoms with Crippen molar-refractivity contribution in [1.29, 1.82) is 0 Å². The number of halogens is 1. The molecule has 0 atom stereocenters. The van der Waals surface area contributed by atoms with Crippen LogP contribution in [0.3, 0.4) is 0 Å². The maximum Gasteiger partial charge on any atom is 0.328 e. The molecule has 3 aromatic heterocycles. The molecule has 11 heteroatoms. The monoisotopic (exact) mass is 451 g/mol. The van der Waals surface area contributed by atoms with Crippen molar-refractivity contribution < 1.29 is 13.6 Å². The summed E-state index contributed by atoms with van der Waals surface area (Å²) in [7, 11) is 0. The van der Waals surface area contributed by atoms with Gasteiger partial charge >= 0.3 is 5.69 Å². The Morgan fingerprint density at radius 2 is 1.88 bits per heavy atom. The van der Waals surface area contributed by atoms with Crippen molar-refractivity contribution in [2.24, 2.45) is 0 Å². The third-order valence-corrected chi connectivity index (χ3v) is 4.82. The molecule has 33 heavy (non-hydrogen) atoms. The topological polar surface area (TPSA) is 132 Å². The molecule has 0 fully saturated rings. The van der Waals surface area contributed by atoms with Gasteiger partial charge in [-0.15, -0.1) is 0 Å². The Kier molecular flexibility index (Phi) is 6.11. The first-order valence-electron chi connectivity index (χ1n) is 9.89. The smallest absolute Gasteiger partial charge is 0.328 e. The second-order valence-electron chi connectivity index (χ2n) is 7.02. The van der Waals surface area contributed by atoms with E-state index in [0.717, 1.165) is 15.4 Å². The van der Waals surface area contributed by atoms with Crippen molar-refractivity contribution in [3.05, 3.63) is 109 Å². The number of aromatic amines is 1. The fraction of sp³-hybridized carbons (Fsp3) is 0.136. The van der Waals surface area contributed by atoms with Crippen LogP contribution in [0.15, 0.2) is 79.8 Å². The molecule has 168 valence electrons. The molecule has 0 unspecified atom stereocenters. The van der Waals surface area contributed by atoms with E-state index in [9.17, 15) is 23.6 Å². The molecule has 4 rings (SSSR count). The number of aromatic nitrogens is 4. The van der Waals surface area contributed by atoms with Crippen LogP contribution in [0.1, 0.15) is 16.1 Å². The number of hydrogen-bond donors (Lipinski definition) is 2. The van der Waals surface area contributed by atoms with Crippen molar-refractivity contribution in [3.8, 4) is 11.3 Å². The number of rotatable bonds is 7. The van der Waals surface area contributed by atoms with Crippen LogP contribution in [0.25, 0.3) is 11.3 Å².